The number of thiophene rings is 1. The number of methoxy groups -OCH3 is 1. The van der Waals surface area contributed by atoms with Crippen molar-refractivity contribution in [2.45, 2.75) is 30.5 Å². The van der Waals surface area contributed by atoms with Gasteiger partial charge in [0.25, 0.3) is 0 Å². The van der Waals surface area contributed by atoms with E-state index in [1.807, 2.05) is 5.38 Å². The third-order valence-electron chi connectivity index (χ3n) is 2.47. The highest BCUT2D eigenvalue weighted by Crippen LogP contribution is 2.19. The van der Waals surface area contributed by atoms with Gasteiger partial charge >= 0.3 is 0 Å². The van der Waals surface area contributed by atoms with Crippen molar-refractivity contribution in [1.82, 2.24) is 10.0 Å². The maximum absolute atomic E-state index is 12.0. The minimum absolute atomic E-state index is 0.373. The Morgan fingerprint density at radius 1 is 1.37 bits per heavy atom. The zero-order chi connectivity index (χ0) is 14.1. The van der Waals surface area contributed by atoms with E-state index in [-0.39, 0.29) is 0 Å². The van der Waals surface area contributed by atoms with Gasteiger partial charge in [0.05, 0.1) is 0 Å². The minimum Gasteiger partial charge on any atom is -0.385 e. The molecule has 0 unspecified atom stereocenters. The first kappa shape index (κ1) is 16.6. The summed E-state index contributed by atoms with van der Waals surface area (Å²) in [4.78, 5) is 0. The molecular formula is C12H22N2O3S2. The SMILES string of the molecule is CCCNCc1csc(S(=O)(=O)NCCCOC)c1. The van der Waals surface area contributed by atoms with Crippen molar-refractivity contribution in [3.8, 4) is 0 Å². The summed E-state index contributed by atoms with van der Waals surface area (Å²) in [7, 11) is -1.76. The first-order valence-corrected chi connectivity index (χ1v) is 8.73. The Labute approximate surface area is 119 Å². The molecular weight excluding hydrogens is 284 g/mol. The zero-order valence-corrected chi connectivity index (χ0v) is 13.1. The molecule has 0 saturated carbocycles. The van der Waals surface area contributed by atoms with E-state index in [1.54, 1.807) is 13.2 Å². The summed E-state index contributed by atoms with van der Waals surface area (Å²) < 4.78 is 31.8. The van der Waals surface area contributed by atoms with Gasteiger partial charge in [-0.2, -0.15) is 0 Å². The summed E-state index contributed by atoms with van der Waals surface area (Å²) in [6.07, 6.45) is 1.74. The lowest BCUT2D eigenvalue weighted by Gasteiger charge is -2.04. The van der Waals surface area contributed by atoms with Gasteiger partial charge in [-0.25, -0.2) is 13.1 Å². The van der Waals surface area contributed by atoms with Crippen LogP contribution in [0.25, 0.3) is 0 Å². The summed E-state index contributed by atoms with van der Waals surface area (Å²) in [5.74, 6) is 0. The number of ether oxygens (including phenoxy) is 1. The second-order valence-electron chi connectivity index (χ2n) is 4.19. The largest absolute Gasteiger partial charge is 0.385 e. The third kappa shape index (κ3) is 6.01. The fraction of sp³-hybridized carbons (Fsp3) is 0.667. The number of hydrogen-bond acceptors (Lipinski definition) is 5. The van der Waals surface area contributed by atoms with Crippen LogP contribution in [-0.2, 0) is 21.3 Å². The molecule has 0 spiro atoms. The molecule has 110 valence electrons. The van der Waals surface area contributed by atoms with Crippen molar-refractivity contribution < 1.29 is 13.2 Å². The first-order chi connectivity index (χ1) is 9.10. The van der Waals surface area contributed by atoms with Crippen molar-refractivity contribution in [2.24, 2.45) is 0 Å². The van der Waals surface area contributed by atoms with Gasteiger partial charge in [0.15, 0.2) is 0 Å². The smallest absolute Gasteiger partial charge is 0.250 e. The van der Waals surface area contributed by atoms with Gasteiger partial charge in [-0.3, -0.25) is 0 Å². The highest BCUT2D eigenvalue weighted by molar-refractivity contribution is 7.91. The summed E-state index contributed by atoms with van der Waals surface area (Å²) in [6, 6.07) is 1.73. The second kappa shape index (κ2) is 8.65. The van der Waals surface area contributed by atoms with E-state index in [4.69, 9.17) is 4.74 Å². The molecule has 1 aromatic rings. The van der Waals surface area contributed by atoms with Crippen molar-refractivity contribution in [2.75, 3.05) is 26.8 Å². The summed E-state index contributed by atoms with van der Waals surface area (Å²) >= 11 is 1.26. The van der Waals surface area contributed by atoms with Crippen LogP contribution in [0.2, 0.25) is 0 Å². The van der Waals surface area contributed by atoms with Crippen LogP contribution < -0.4 is 10.0 Å². The standard InChI is InChI=1S/C12H22N2O3S2/c1-3-5-13-9-11-8-12(18-10-11)19(15,16)14-6-4-7-17-2/h8,10,13-14H,3-7,9H2,1-2H3. The van der Waals surface area contributed by atoms with Gasteiger partial charge in [0.1, 0.15) is 4.21 Å². The Morgan fingerprint density at radius 2 is 2.16 bits per heavy atom. The highest BCUT2D eigenvalue weighted by Gasteiger charge is 2.15. The molecule has 0 bridgehead atoms. The maximum Gasteiger partial charge on any atom is 0.250 e. The van der Waals surface area contributed by atoms with Crippen molar-refractivity contribution in [1.29, 1.82) is 0 Å². The molecule has 1 heterocycles. The molecule has 0 radical (unpaired) electrons. The summed E-state index contributed by atoms with van der Waals surface area (Å²) in [6.45, 7) is 4.70. The number of nitrogens with one attached hydrogen (secondary N) is 2. The van der Waals surface area contributed by atoms with E-state index < -0.39 is 10.0 Å². The van der Waals surface area contributed by atoms with Crippen molar-refractivity contribution >= 4 is 21.4 Å². The molecule has 5 nitrogen and oxygen atoms in total. The van der Waals surface area contributed by atoms with Crippen LogP contribution in [0.3, 0.4) is 0 Å². The molecule has 0 atom stereocenters. The number of hydrogen-bond donors (Lipinski definition) is 2. The Bertz CT molecular complexity index is 457. The van der Waals surface area contributed by atoms with Crippen LogP contribution in [0.1, 0.15) is 25.3 Å². The average molecular weight is 306 g/mol. The van der Waals surface area contributed by atoms with Crippen molar-refractivity contribution in [3.05, 3.63) is 17.0 Å². The Kier molecular flexibility index (Phi) is 7.55. The van der Waals surface area contributed by atoms with Gasteiger partial charge in [0.2, 0.25) is 10.0 Å². The fourth-order valence-electron chi connectivity index (χ4n) is 1.49. The molecule has 19 heavy (non-hydrogen) atoms. The Morgan fingerprint density at radius 3 is 2.84 bits per heavy atom. The molecule has 0 aliphatic rings. The molecule has 0 aromatic carbocycles. The van der Waals surface area contributed by atoms with Gasteiger partial charge in [-0.1, -0.05) is 6.92 Å². The van der Waals surface area contributed by atoms with Gasteiger partial charge in [0, 0.05) is 26.8 Å². The third-order valence-corrected chi connectivity index (χ3v) is 5.42. The zero-order valence-electron chi connectivity index (χ0n) is 11.4. The van der Waals surface area contributed by atoms with E-state index in [9.17, 15) is 8.42 Å². The Hall–Kier alpha value is -0.470. The molecule has 1 aromatic heterocycles. The van der Waals surface area contributed by atoms with E-state index >= 15 is 0 Å². The van der Waals surface area contributed by atoms with E-state index in [1.165, 1.54) is 11.3 Å². The molecule has 2 N–H and O–H groups in total. The summed E-state index contributed by atoms with van der Waals surface area (Å²) in [5.41, 5.74) is 1.01. The van der Waals surface area contributed by atoms with E-state index in [0.29, 0.717) is 30.3 Å². The van der Waals surface area contributed by atoms with Crippen LogP contribution in [0.4, 0.5) is 0 Å². The summed E-state index contributed by atoms with van der Waals surface area (Å²) in [5, 5.41) is 5.13. The second-order valence-corrected chi connectivity index (χ2v) is 7.10. The van der Waals surface area contributed by atoms with Crippen molar-refractivity contribution in [3.63, 3.8) is 0 Å². The molecule has 0 saturated heterocycles. The Balaban J connectivity index is 2.49. The molecule has 1 rings (SSSR count). The van der Waals surface area contributed by atoms with Gasteiger partial charge < -0.3 is 10.1 Å². The molecule has 0 aliphatic heterocycles. The predicted octanol–water partition coefficient (Wildman–Crippen LogP) is 1.56. The van der Waals surface area contributed by atoms with Gasteiger partial charge in [-0.15, -0.1) is 11.3 Å². The highest BCUT2D eigenvalue weighted by atomic mass is 32.2. The van der Waals surface area contributed by atoms with E-state index in [0.717, 1.165) is 18.5 Å². The first-order valence-electron chi connectivity index (χ1n) is 6.37. The lowest BCUT2D eigenvalue weighted by molar-refractivity contribution is 0.196. The maximum atomic E-state index is 12.0. The molecule has 7 heteroatoms. The average Bonchev–Trinajstić information content (AvgIpc) is 2.85. The lowest BCUT2D eigenvalue weighted by atomic mass is 10.3. The van der Waals surface area contributed by atoms with Gasteiger partial charge in [-0.05, 0) is 36.4 Å². The molecule has 0 amide bonds. The molecule has 0 fully saturated rings. The van der Waals surface area contributed by atoms with Crippen LogP contribution >= 0.6 is 11.3 Å². The quantitative estimate of drug-likeness (QED) is 0.644. The van der Waals surface area contributed by atoms with Crippen LogP contribution in [0.15, 0.2) is 15.7 Å². The van der Waals surface area contributed by atoms with E-state index in [2.05, 4.69) is 17.0 Å². The fourth-order valence-corrected chi connectivity index (χ4v) is 3.82. The number of rotatable bonds is 10. The van der Waals surface area contributed by atoms with Crippen LogP contribution in [-0.4, -0.2) is 35.2 Å². The predicted molar refractivity (Wildman–Crippen MR) is 78.0 cm³/mol. The van der Waals surface area contributed by atoms with Crippen LogP contribution in [0, 0.1) is 0 Å². The lowest BCUT2D eigenvalue weighted by Crippen LogP contribution is -2.24. The normalized spacial score (nSPS) is 11.9. The molecule has 0 aliphatic carbocycles. The monoisotopic (exact) mass is 306 g/mol. The van der Waals surface area contributed by atoms with Crippen LogP contribution in [0.5, 0.6) is 0 Å². The minimum atomic E-state index is -3.37. The topological polar surface area (TPSA) is 67.4 Å². The number of sulfonamides is 1.